The van der Waals surface area contributed by atoms with E-state index in [0.29, 0.717) is 0 Å². The van der Waals surface area contributed by atoms with Gasteiger partial charge in [0.2, 0.25) is 5.88 Å². The van der Waals surface area contributed by atoms with Crippen LogP contribution in [0.1, 0.15) is 30.0 Å². The van der Waals surface area contributed by atoms with Gasteiger partial charge in [-0.1, -0.05) is 6.07 Å². The van der Waals surface area contributed by atoms with Crippen molar-refractivity contribution in [3.8, 4) is 5.88 Å². The maximum absolute atomic E-state index is 5.17. The standard InChI is InChI=1S/C12H15NO/c1-7-3-4-10(14-2)13-12(7)11-8-5-9(11)6-8/h3-4,8-9,11H,5-6H2,1-2H3. The number of rotatable bonds is 2. The Bertz CT molecular complexity index is 361. The Morgan fingerprint density at radius 3 is 2.50 bits per heavy atom. The van der Waals surface area contributed by atoms with Gasteiger partial charge in [0.1, 0.15) is 0 Å². The molecule has 0 aliphatic heterocycles. The average molecular weight is 189 g/mol. The van der Waals surface area contributed by atoms with Gasteiger partial charge in [-0.3, -0.25) is 0 Å². The van der Waals surface area contributed by atoms with Crippen LogP contribution in [0.15, 0.2) is 12.1 Å². The summed E-state index contributed by atoms with van der Waals surface area (Å²) in [6.07, 6.45) is 2.87. The summed E-state index contributed by atoms with van der Waals surface area (Å²) in [6, 6.07) is 4.07. The van der Waals surface area contributed by atoms with Crippen molar-refractivity contribution in [3.63, 3.8) is 0 Å². The third kappa shape index (κ3) is 0.941. The number of hydrogen-bond acceptors (Lipinski definition) is 2. The van der Waals surface area contributed by atoms with Crippen LogP contribution in [0.4, 0.5) is 0 Å². The molecule has 2 bridgehead atoms. The van der Waals surface area contributed by atoms with E-state index in [0.717, 1.165) is 23.6 Å². The summed E-state index contributed by atoms with van der Waals surface area (Å²) in [5, 5.41) is 0. The van der Waals surface area contributed by atoms with Crippen LogP contribution in [0.25, 0.3) is 0 Å². The Morgan fingerprint density at radius 1 is 1.29 bits per heavy atom. The van der Waals surface area contributed by atoms with Crippen LogP contribution in [0, 0.1) is 18.8 Å². The summed E-state index contributed by atoms with van der Waals surface area (Å²) in [6.45, 7) is 2.15. The Kier molecular flexibility index (Phi) is 1.61. The van der Waals surface area contributed by atoms with Gasteiger partial charge >= 0.3 is 0 Å². The molecule has 1 aromatic rings. The zero-order valence-electron chi connectivity index (χ0n) is 8.66. The molecule has 0 atom stereocenters. The molecule has 1 aromatic heterocycles. The number of aromatic nitrogens is 1. The second kappa shape index (κ2) is 2.72. The second-order valence-electron chi connectivity index (χ2n) is 4.57. The first-order valence-corrected chi connectivity index (χ1v) is 5.31. The minimum atomic E-state index is 0.755. The van der Waals surface area contributed by atoms with E-state index in [9.17, 15) is 0 Å². The summed E-state index contributed by atoms with van der Waals surface area (Å²) in [4.78, 5) is 4.57. The van der Waals surface area contributed by atoms with Crippen molar-refractivity contribution < 1.29 is 4.74 Å². The largest absolute Gasteiger partial charge is 0.481 e. The summed E-state index contributed by atoms with van der Waals surface area (Å²) >= 11 is 0. The number of aryl methyl sites for hydroxylation is 1. The van der Waals surface area contributed by atoms with Crippen LogP contribution in [0.3, 0.4) is 0 Å². The second-order valence-corrected chi connectivity index (χ2v) is 4.57. The van der Waals surface area contributed by atoms with Crippen LogP contribution in [0.5, 0.6) is 5.88 Å². The van der Waals surface area contributed by atoms with Gasteiger partial charge in [0.05, 0.1) is 12.8 Å². The fourth-order valence-corrected chi connectivity index (χ4v) is 2.71. The quantitative estimate of drug-likeness (QED) is 0.713. The van der Waals surface area contributed by atoms with Gasteiger partial charge < -0.3 is 4.74 Å². The van der Waals surface area contributed by atoms with Crippen LogP contribution >= 0.6 is 0 Å². The Labute approximate surface area is 84.3 Å². The summed E-state index contributed by atoms with van der Waals surface area (Å²) in [5.74, 6) is 3.37. The minimum Gasteiger partial charge on any atom is -0.481 e. The zero-order valence-corrected chi connectivity index (χ0v) is 8.66. The van der Waals surface area contributed by atoms with Gasteiger partial charge in [-0.2, -0.15) is 0 Å². The van der Waals surface area contributed by atoms with Gasteiger partial charge in [0.25, 0.3) is 0 Å². The van der Waals surface area contributed by atoms with Crippen LogP contribution in [-0.4, -0.2) is 12.1 Å². The van der Waals surface area contributed by atoms with Gasteiger partial charge in [0.15, 0.2) is 0 Å². The molecule has 3 aliphatic carbocycles. The van der Waals surface area contributed by atoms with Crippen molar-refractivity contribution in [3.05, 3.63) is 23.4 Å². The Hall–Kier alpha value is -1.05. The monoisotopic (exact) mass is 189 g/mol. The third-order valence-electron chi connectivity index (χ3n) is 3.86. The Balaban J connectivity index is 1.95. The van der Waals surface area contributed by atoms with Crippen molar-refractivity contribution in [1.82, 2.24) is 4.98 Å². The van der Waals surface area contributed by atoms with Crippen molar-refractivity contribution in [1.29, 1.82) is 0 Å². The van der Waals surface area contributed by atoms with E-state index in [1.807, 2.05) is 6.07 Å². The molecule has 0 aromatic carbocycles. The number of hydrogen-bond donors (Lipinski definition) is 0. The summed E-state index contributed by atoms with van der Waals surface area (Å²) in [5.41, 5.74) is 2.61. The van der Waals surface area contributed by atoms with Gasteiger partial charge in [-0.05, 0) is 37.2 Å². The Morgan fingerprint density at radius 2 is 2.00 bits per heavy atom. The molecule has 0 unspecified atom stereocenters. The summed E-state index contributed by atoms with van der Waals surface area (Å²) in [7, 11) is 1.68. The van der Waals surface area contributed by atoms with E-state index < -0.39 is 0 Å². The van der Waals surface area contributed by atoms with Gasteiger partial charge in [-0.15, -0.1) is 0 Å². The highest BCUT2D eigenvalue weighted by Gasteiger charge is 2.54. The van der Waals surface area contributed by atoms with E-state index in [1.165, 1.54) is 24.1 Å². The molecular formula is C12H15NO. The van der Waals surface area contributed by atoms with Gasteiger partial charge in [0, 0.05) is 12.0 Å². The smallest absolute Gasteiger partial charge is 0.213 e. The lowest BCUT2D eigenvalue weighted by Gasteiger charge is -2.58. The minimum absolute atomic E-state index is 0.755. The normalized spacial score (nSPS) is 33.1. The van der Waals surface area contributed by atoms with Crippen LogP contribution in [0.2, 0.25) is 0 Å². The topological polar surface area (TPSA) is 22.1 Å². The molecule has 14 heavy (non-hydrogen) atoms. The lowest BCUT2D eigenvalue weighted by molar-refractivity contribution is -0.0261. The SMILES string of the molecule is COc1ccc(C)c(C2C3CC2C3)n1. The molecule has 74 valence electrons. The zero-order chi connectivity index (χ0) is 9.71. The molecule has 3 saturated carbocycles. The fourth-order valence-electron chi connectivity index (χ4n) is 2.71. The average Bonchev–Trinajstić information content (AvgIpc) is 2.04. The molecule has 3 fully saturated rings. The van der Waals surface area contributed by atoms with E-state index in [4.69, 9.17) is 4.74 Å². The molecule has 3 aliphatic rings. The number of ether oxygens (including phenoxy) is 1. The van der Waals surface area contributed by atoms with Crippen molar-refractivity contribution >= 4 is 0 Å². The molecule has 4 rings (SSSR count). The van der Waals surface area contributed by atoms with Crippen molar-refractivity contribution in [2.75, 3.05) is 7.11 Å². The van der Waals surface area contributed by atoms with Crippen LogP contribution < -0.4 is 4.74 Å². The number of pyridine rings is 1. The third-order valence-corrected chi connectivity index (χ3v) is 3.86. The van der Waals surface area contributed by atoms with E-state index in [-0.39, 0.29) is 0 Å². The molecule has 0 saturated heterocycles. The summed E-state index contributed by atoms with van der Waals surface area (Å²) < 4.78 is 5.17. The van der Waals surface area contributed by atoms with E-state index in [1.54, 1.807) is 7.11 Å². The molecule has 0 N–H and O–H groups in total. The highest BCUT2D eigenvalue weighted by atomic mass is 16.5. The van der Waals surface area contributed by atoms with E-state index >= 15 is 0 Å². The predicted molar refractivity (Wildman–Crippen MR) is 54.5 cm³/mol. The molecular weight excluding hydrogens is 174 g/mol. The fraction of sp³-hybridized carbons (Fsp3) is 0.583. The van der Waals surface area contributed by atoms with E-state index in [2.05, 4.69) is 18.0 Å². The number of nitrogens with zero attached hydrogens (tertiary/aromatic N) is 1. The molecule has 1 heterocycles. The maximum atomic E-state index is 5.17. The lowest BCUT2D eigenvalue weighted by Crippen LogP contribution is -2.48. The first kappa shape index (κ1) is 8.27. The van der Waals surface area contributed by atoms with Gasteiger partial charge in [-0.25, -0.2) is 4.98 Å². The highest BCUT2D eigenvalue weighted by Crippen LogP contribution is 2.63. The lowest BCUT2D eigenvalue weighted by atomic mass is 9.47. The molecule has 2 heteroatoms. The molecule has 0 radical (unpaired) electrons. The maximum Gasteiger partial charge on any atom is 0.213 e. The first-order valence-electron chi connectivity index (χ1n) is 5.31. The van der Waals surface area contributed by atoms with Crippen molar-refractivity contribution in [2.45, 2.75) is 25.7 Å². The first-order chi connectivity index (χ1) is 6.79. The predicted octanol–water partition coefficient (Wildman–Crippen LogP) is 2.52. The molecule has 0 spiro atoms. The van der Waals surface area contributed by atoms with Crippen LogP contribution in [-0.2, 0) is 0 Å². The molecule has 0 amide bonds. The van der Waals surface area contributed by atoms with Crippen molar-refractivity contribution in [2.24, 2.45) is 11.8 Å². The highest BCUT2D eigenvalue weighted by molar-refractivity contribution is 5.32. The number of methoxy groups -OCH3 is 1. The molecule has 2 nitrogen and oxygen atoms in total.